The van der Waals surface area contributed by atoms with E-state index in [0.29, 0.717) is 22.2 Å². The molecule has 4 rings (SSSR count). The highest BCUT2D eigenvalue weighted by Gasteiger charge is 2.22. The predicted molar refractivity (Wildman–Crippen MR) is 101 cm³/mol. The third kappa shape index (κ3) is 3.25. The van der Waals surface area contributed by atoms with Gasteiger partial charge in [0.1, 0.15) is 0 Å². The van der Waals surface area contributed by atoms with Crippen LogP contribution in [0.1, 0.15) is 32.1 Å². The summed E-state index contributed by atoms with van der Waals surface area (Å²) in [6.45, 7) is 0. The van der Waals surface area contributed by atoms with E-state index in [1.807, 2.05) is 24.3 Å². The second-order valence-corrected chi connectivity index (χ2v) is 6.69. The summed E-state index contributed by atoms with van der Waals surface area (Å²) in [6.07, 6.45) is 5.25. The number of benzene rings is 2. The summed E-state index contributed by atoms with van der Waals surface area (Å²) in [5.74, 6) is 0.293. The van der Waals surface area contributed by atoms with Crippen LogP contribution in [0.4, 0.5) is 5.69 Å². The molecule has 0 spiro atoms. The molecule has 0 atom stereocenters. The zero-order valence-corrected chi connectivity index (χ0v) is 14.4. The van der Waals surface area contributed by atoms with Gasteiger partial charge in [0.2, 0.25) is 11.8 Å². The lowest BCUT2D eigenvalue weighted by Gasteiger charge is -2.21. The van der Waals surface area contributed by atoms with E-state index in [4.69, 9.17) is 4.42 Å². The van der Waals surface area contributed by atoms with Crippen LogP contribution in [0.25, 0.3) is 22.4 Å². The molecule has 1 aliphatic rings. The second-order valence-electron chi connectivity index (χ2n) is 6.69. The Labute approximate surface area is 151 Å². The molecular weight excluding hydrogens is 328 g/mol. The minimum Gasteiger partial charge on any atom is -0.403 e. The average Bonchev–Trinajstić information content (AvgIpc) is 2.69. The highest BCUT2D eigenvalue weighted by atomic mass is 16.4. The maximum absolute atomic E-state index is 12.6. The Hall–Kier alpha value is -2.95. The first kappa shape index (κ1) is 16.5. The van der Waals surface area contributed by atoms with Crippen molar-refractivity contribution in [3.63, 3.8) is 0 Å². The third-order valence-electron chi connectivity index (χ3n) is 4.93. The highest BCUT2D eigenvalue weighted by molar-refractivity contribution is 5.96. The van der Waals surface area contributed by atoms with Crippen molar-refractivity contribution in [1.29, 1.82) is 0 Å². The number of fused-ring (bicyclic) bond motifs is 1. The van der Waals surface area contributed by atoms with Crippen LogP contribution < -0.4 is 10.9 Å². The number of nitrogens with zero attached hydrogens (tertiary/aromatic N) is 1. The average molecular weight is 348 g/mol. The Kier molecular flexibility index (Phi) is 4.52. The van der Waals surface area contributed by atoms with Crippen LogP contribution in [0.15, 0.2) is 57.7 Å². The molecule has 0 bridgehead atoms. The Morgan fingerprint density at radius 1 is 1.00 bits per heavy atom. The fraction of sp³-hybridized carbons (Fsp3) is 0.286. The number of anilines is 1. The van der Waals surface area contributed by atoms with Gasteiger partial charge in [-0.25, -0.2) is 9.78 Å². The van der Waals surface area contributed by atoms with E-state index in [1.165, 1.54) is 6.42 Å². The Bertz CT molecular complexity index is 1000. The molecule has 2 aromatic carbocycles. The Balaban J connectivity index is 1.70. The number of carbonyl (C=O) groups is 1. The summed E-state index contributed by atoms with van der Waals surface area (Å²) < 4.78 is 5.43. The number of nitrogens with one attached hydrogen (secondary N) is 1. The molecule has 0 unspecified atom stereocenters. The van der Waals surface area contributed by atoms with Gasteiger partial charge in [0, 0.05) is 5.92 Å². The van der Waals surface area contributed by atoms with E-state index in [0.717, 1.165) is 25.7 Å². The van der Waals surface area contributed by atoms with Crippen molar-refractivity contribution in [3.8, 4) is 11.5 Å². The van der Waals surface area contributed by atoms with Gasteiger partial charge in [0.25, 0.3) is 0 Å². The SMILES string of the molecule is O=C(Nc1ccccc1-c1nc2ccccc2c(=O)o1)C1CCCCC1. The molecule has 5 nitrogen and oxygen atoms in total. The molecule has 26 heavy (non-hydrogen) atoms. The highest BCUT2D eigenvalue weighted by Crippen LogP contribution is 2.29. The molecule has 132 valence electrons. The lowest BCUT2D eigenvalue weighted by molar-refractivity contribution is -0.120. The van der Waals surface area contributed by atoms with Crippen molar-refractivity contribution in [3.05, 3.63) is 59.0 Å². The van der Waals surface area contributed by atoms with Crippen molar-refractivity contribution in [2.75, 3.05) is 5.32 Å². The molecule has 1 amide bonds. The van der Waals surface area contributed by atoms with Crippen LogP contribution in [-0.4, -0.2) is 10.9 Å². The minimum absolute atomic E-state index is 0.0280. The smallest absolute Gasteiger partial charge is 0.347 e. The van der Waals surface area contributed by atoms with Gasteiger partial charge in [-0.1, -0.05) is 43.5 Å². The van der Waals surface area contributed by atoms with Gasteiger partial charge < -0.3 is 9.73 Å². The second kappa shape index (κ2) is 7.12. The summed E-state index contributed by atoms with van der Waals surface area (Å²) in [4.78, 5) is 29.3. The molecule has 1 aromatic heterocycles. The van der Waals surface area contributed by atoms with Crippen molar-refractivity contribution in [2.24, 2.45) is 5.92 Å². The van der Waals surface area contributed by atoms with E-state index in [9.17, 15) is 9.59 Å². The van der Waals surface area contributed by atoms with Crippen LogP contribution in [0.2, 0.25) is 0 Å². The molecule has 3 aromatic rings. The number of aromatic nitrogens is 1. The first-order valence-corrected chi connectivity index (χ1v) is 9.02. The molecule has 1 fully saturated rings. The molecule has 1 N–H and O–H groups in total. The van der Waals surface area contributed by atoms with Crippen molar-refractivity contribution < 1.29 is 9.21 Å². The van der Waals surface area contributed by atoms with E-state index in [1.54, 1.807) is 24.3 Å². The normalized spacial score (nSPS) is 15.1. The molecular formula is C21H20N2O3. The van der Waals surface area contributed by atoms with E-state index >= 15 is 0 Å². The fourth-order valence-corrected chi connectivity index (χ4v) is 3.51. The number of hydrogen-bond donors (Lipinski definition) is 1. The zero-order chi connectivity index (χ0) is 17.9. The maximum atomic E-state index is 12.6. The van der Waals surface area contributed by atoms with Gasteiger partial charge in [-0.3, -0.25) is 4.79 Å². The molecule has 0 saturated heterocycles. The van der Waals surface area contributed by atoms with Crippen LogP contribution in [0.3, 0.4) is 0 Å². The monoisotopic (exact) mass is 348 g/mol. The van der Waals surface area contributed by atoms with Gasteiger partial charge in [-0.05, 0) is 37.1 Å². The largest absolute Gasteiger partial charge is 0.403 e. The number of hydrogen-bond acceptors (Lipinski definition) is 4. The van der Waals surface area contributed by atoms with Gasteiger partial charge >= 0.3 is 5.63 Å². The molecule has 1 aliphatic carbocycles. The van der Waals surface area contributed by atoms with Gasteiger partial charge in [-0.15, -0.1) is 0 Å². The quantitative estimate of drug-likeness (QED) is 0.763. The fourth-order valence-electron chi connectivity index (χ4n) is 3.51. The topological polar surface area (TPSA) is 72.2 Å². The standard InChI is InChI=1S/C21H20N2O3/c24-19(14-8-2-1-3-9-14)22-17-12-6-4-10-15(17)20-23-18-13-7-5-11-16(18)21(25)26-20/h4-7,10-14H,1-3,8-9H2,(H,22,24). The van der Waals surface area contributed by atoms with Crippen molar-refractivity contribution in [1.82, 2.24) is 4.98 Å². The molecule has 5 heteroatoms. The third-order valence-corrected chi connectivity index (χ3v) is 4.93. The lowest BCUT2D eigenvalue weighted by Crippen LogP contribution is -2.25. The van der Waals surface area contributed by atoms with Crippen LogP contribution >= 0.6 is 0 Å². The van der Waals surface area contributed by atoms with Crippen LogP contribution in [0, 0.1) is 5.92 Å². The van der Waals surface area contributed by atoms with Gasteiger partial charge in [0.05, 0.1) is 22.2 Å². The maximum Gasteiger partial charge on any atom is 0.347 e. The van der Waals surface area contributed by atoms with E-state index in [2.05, 4.69) is 10.3 Å². The van der Waals surface area contributed by atoms with E-state index in [-0.39, 0.29) is 17.7 Å². The summed E-state index contributed by atoms with van der Waals surface area (Å²) in [7, 11) is 0. The van der Waals surface area contributed by atoms with Crippen LogP contribution in [-0.2, 0) is 4.79 Å². The zero-order valence-electron chi connectivity index (χ0n) is 14.4. The van der Waals surface area contributed by atoms with Gasteiger partial charge in [0.15, 0.2) is 0 Å². The molecule has 1 saturated carbocycles. The first-order valence-electron chi connectivity index (χ1n) is 9.02. The van der Waals surface area contributed by atoms with Crippen molar-refractivity contribution >= 4 is 22.5 Å². The van der Waals surface area contributed by atoms with Crippen molar-refractivity contribution in [2.45, 2.75) is 32.1 Å². The lowest BCUT2D eigenvalue weighted by atomic mass is 9.88. The molecule has 0 aliphatic heterocycles. The predicted octanol–water partition coefficient (Wildman–Crippen LogP) is 4.37. The van der Waals surface area contributed by atoms with Crippen LogP contribution in [0.5, 0.6) is 0 Å². The molecule has 0 radical (unpaired) electrons. The minimum atomic E-state index is -0.431. The van der Waals surface area contributed by atoms with Gasteiger partial charge in [-0.2, -0.15) is 0 Å². The van der Waals surface area contributed by atoms with E-state index < -0.39 is 5.63 Å². The number of carbonyl (C=O) groups excluding carboxylic acids is 1. The Morgan fingerprint density at radius 3 is 2.58 bits per heavy atom. The number of para-hydroxylation sites is 2. The Morgan fingerprint density at radius 2 is 1.73 bits per heavy atom. The summed E-state index contributed by atoms with van der Waals surface area (Å²) >= 11 is 0. The summed E-state index contributed by atoms with van der Waals surface area (Å²) in [5, 5.41) is 3.45. The number of rotatable bonds is 3. The number of amides is 1. The summed E-state index contributed by atoms with van der Waals surface area (Å²) in [5.41, 5.74) is 1.37. The summed E-state index contributed by atoms with van der Waals surface area (Å²) in [6, 6.07) is 14.4. The molecule has 1 heterocycles. The first-order chi connectivity index (χ1) is 12.7.